The average molecular weight is 371 g/mol. The molecule has 2 aromatic rings. The van der Waals surface area contributed by atoms with E-state index in [-0.39, 0.29) is 35.7 Å². The van der Waals surface area contributed by atoms with Crippen molar-refractivity contribution >= 4 is 11.6 Å². The maximum Gasteiger partial charge on any atom is 0.234 e. The van der Waals surface area contributed by atoms with E-state index in [2.05, 4.69) is 11.8 Å². The molecule has 4 heteroatoms. The first-order chi connectivity index (χ1) is 13.6. The SMILES string of the molecule is Cc1ccccc1N1C(=O)C2C3CC4C(OC1(C#Cc1ccccc1)C42)C3O. The van der Waals surface area contributed by atoms with E-state index < -0.39 is 11.8 Å². The van der Waals surface area contributed by atoms with Gasteiger partial charge >= 0.3 is 0 Å². The Morgan fingerprint density at radius 1 is 1.11 bits per heavy atom. The third-order valence-electron chi connectivity index (χ3n) is 7.17. The van der Waals surface area contributed by atoms with E-state index >= 15 is 0 Å². The molecule has 2 aliphatic heterocycles. The molecule has 4 aliphatic rings. The third kappa shape index (κ3) is 1.86. The zero-order valence-corrected chi connectivity index (χ0v) is 15.6. The lowest BCUT2D eigenvalue weighted by Gasteiger charge is -2.36. The molecular weight excluding hydrogens is 350 g/mol. The minimum Gasteiger partial charge on any atom is -0.390 e. The van der Waals surface area contributed by atoms with Gasteiger partial charge in [-0.3, -0.25) is 9.69 Å². The number of para-hydroxylation sites is 1. The lowest BCUT2D eigenvalue weighted by Crippen LogP contribution is -2.50. The van der Waals surface area contributed by atoms with Crippen molar-refractivity contribution in [3.63, 3.8) is 0 Å². The minimum absolute atomic E-state index is 0.0121. The summed E-state index contributed by atoms with van der Waals surface area (Å²) in [6.07, 6.45) is 0.0779. The zero-order chi connectivity index (χ0) is 19.0. The first-order valence-electron chi connectivity index (χ1n) is 9.95. The Hall–Kier alpha value is -2.61. The Labute approximate surface area is 164 Å². The quantitative estimate of drug-likeness (QED) is 0.785. The fourth-order valence-electron chi connectivity index (χ4n) is 6.12. The molecule has 1 N–H and O–H groups in total. The molecule has 2 aromatic carbocycles. The van der Waals surface area contributed by atoms with Crippen LogP contribution in [0.1, 0.15) is 17.5 Å². The van der Waals surface area contributed by atoms with Gasteiger partial charge in [0, 0.05) is 11.5 Å². The van der Waals surface area contributed by atoms with Gasteiger partial charge in [0.05, 0.1) is 23.8 Å². The Balaban J connectivity index is 1.55. The van der Waals surface area contributed by atoms with Crippen molar-refractivity contribution < 1.29 is 14.6 Å². The van der Waals surface area contributed by atoms with Crippen LogP contribution in [0.4, 0.5) is 5.69 Å². The molecule has 4 nitrogen and oxygen atoms in total. The number of amides is 1. The molecule has 2 saturated heterocycles. The summed E-state index contributed by atoms with van der Waals surface area (Å²) in [6, 6.07) is 17.7. The Morgan fingerprint density at radius 2 is 1.86 bits per heavy atom. The molecule has 6 rings (SSSR count). The summed E-state index contributed by atoms with van der Waals surface area (Å²) in [7, 11) is 0. The van der Waals surface area contributed by atoms with Crippen LogP contribution in [0.5, 0.6) is 0 Å². The largest absolute Gasteiger partial charge is 0.390 e. The number of rotatable bonds is 1. The molecule has 140 valence electrons. The molecule has 28 heavy (non-hydrogen) atoms. The zero-order valence-electron chi connectivity index (χ0n) is 15.6. The highest BCUT2D eigenvalue weighted by molar-refractivity contribution is 6.02. The van der Waals surface area contributed by atoms with Crippen molar-refractivity contribution in [3.8, 4) is 11.8 Å². The van der Waals surface area contributed by atoms with E-state index in [0.717, 1.165) is 23.2 Å². The van der Waals surface area contributed by atoms with Crippen LogP contribution in [0.15, 0.2) is 54.6 Å². The highest BCUT2D eigenvalue weighted by atomic mass is 16.6. The fraction of sp³-hybridized carbons (Fsp3) is 0.375. The summed E-state index contributed by atoms with van der Waals surface area (Å²) >= 11 is 0. The van der Waals surface area contributed by atoms with Gasteiger partial charge in [-0.25, -0.2) is 0 Å². The van der Waals surface area contributed by atoms with Gasteiger partial charge in [-0.15, -0.1) is 0 Å². The number of hydrogen-bond donors (Lipinski definition) is 1. The van der Waals surface area contributed by atoms with E-state index in [1.54, 1.807) is 4.90 Å². The second kappa shape index (κ2) is 5.47. The van der Waals surface area contributed by atoms with E-state index in [4.69, 9.17) is 4.74 Å². The summed E-state index contributed by atoms with van der Waals surface area (Å²) in [4.78, 5) is 15.4. The van der Waals surface area contributed by atoms with Crippen molar-refractivity contribution in [1.29, 1.82) is 0 Å². The van der Waals surface area contributed by atoms with Crippen LogP contribution < -0.4 is 4.90 Å². The number of aliphatic hydroxyl groups excluding tert-OH is 1. The molecule has 0 aromatic heterocycles. The number of anilines is 1. The molecule has 2 bridgehead atoms. The number of carbonyl (C=O) groups is 1. The number of nitrogens with zero attached hydrogens (tertiary/aromatic N) is 1. The maximum atomic E-state index is 13.6. The number of fused-ring (bicyclic) bond motifs is 2. The Kier molecular flexibility index (Phi) is 3.19. The van der Waals surface area contributed by atoms with Crippen LogP contribution in [0.3, 0.4) is 0 Å². The second-order valence-electron chi connectivity index (χ2n) is 8.46. The number of aryl methyl sites for hydroxylation is 1. The lowest BCUT2D eigenvalue weighted by atomic mass is 9.77. The first-order valence-corrected chi connectivity index (χ1v) is 9.95. The molecule has 2 heterocycles. The van der Waals surface area contributed by atoms with E-state index in [1.165, 1.54) is 0 Å². The summed E-state index contributed by atoms with van der Waals surface area (Å²) in [5.74, 6) is 6.70. The number of carbonyl (C=O) groups excluding carboxylic acids is 1. The first kappa shape index (κ1) is 16.4. The number of aliphatic hydroxyl groups is 1. The van der Waals surface area contributed by atoms with Gasteiger partial charge in [0.2, 0.25) is 11.6 Å². The number of hydrogen-bond acceptors (Lipinski definition) is 3. The number of ether oxygens (including phenoxy) is 1. The standard InChI is InChI=1S/C24H21NO3/c1-14-7-5-6-10-18(14)25-23(27)19-16-13-17-20(19)24(25,28-22(17)21(16)26)12-11-15-8-3-2-4-9-15/h2-10,16-17,19-22,26H,13H2,1H3. The van der Waals surface area contributed by atoms with Crippen molar-refractivity contribution in [3.05, 3.63) is 65.7 Å². The fourth-order valence-corrected chi connectivity index (χ4v) is 6.12. The summed E-state index contributed by atoms with van der Waals surface area (Å²) in [5, 5.41) is 10.7. The molecule has 2 saturated carbocycles. The second-order valence-corrected chi connectivity index (χ2v) is 8.46. The van der Waals surface area contributed by atoms with Gasteiger partial charge in [0.25, 0.3) is 0 Å². The van der Waals surface area contributed by atoms with E-state index in [1.807, 2.05) is 61.5 Å². The van der Waals surface area contributed by atoms with Gasteiger partial charge in [-0.1, -0.05) is 42.3 Å². The van der Waals surface area contributed by atoms with Crippen LogP contribution in [-0.4, -0.2) is 28.9 Å². The highest BCUT2D eigenvalue weighted by Gasteiger charge is 2.78. The molecule has 7 atom stereocenters. The van der Waals surface area contributed by atoms with Crippen molar-refractivity contribution in [1.82, 2.24) is 0 Å². The van der Waals surface area contributed by atoms with E-state index in [9.17, 15) is 9.90 Å². The molecular formula is C24H21NO3. The molecule has 0 radical (unpaired) electrons. The van der Waals surface area contributed by atoms with Crippen molar-refractivity contribution in [2.45, 2.75) is 31.3 Å². The van der Waals surface area contributed by atoms with Crippen LogP contribution in [0, 0.1) is 42.4 Å². The monoisotopic (exact) mass is 371 g/mol. The van der Waals surface area contributed by atoms with Gasteiger partial charge in [-0.05, 0) is 54.9 Å². The molecule has 1 amide bonds. The maximum absolute atomic E-state index is 13.6. The summed E-state index contributed by atoms with van der Waals surface area (Å²) in [6.45, 7) is 2.01. The smallest absolute Gasteiger partial charge is 0.234 e. The predicted molar refractivity (Wildman–Crippen MR) is 104 cm³/mol. The normalized spacial score (nSPS) is 39.4. The van der Waals surface area contributed by atoms with Gasteiger partial charge in [-0.2, -0.15) is 0 Å². The third-order valence-corrected chi connectivity index (χ3v) is 7.17. The van der Waals surface area contributed by atoms with Crippen molar-refractivity contribution in [2.24, 2.45) is 23.7 Å². The molecule has 2 aliphatic carbocycles. The van der Waals surface area contributed by atoms with E-state index in [0.29, 0.717) is 0 Å². The van der Waals surface area contributed by atoms with Crippen molar-refractivity contribution in [2.75, 3.05) is 4.90 Å². The number of benzene rings is 2. The van der Waals surface area contributed by atoms with Gasteiger partial charge in [0.1, 0.15) is 0 Å². The van der Waals surface area contributed by atoms with Crippen LogP contribution >= 0.6 is 0 Å². The average Bonchev–Trinajstić information content (AvgIpc) is 3.38. The summed E-state index contributed by atoms with van der Waals surface area (Å²) in [5.41, 5.74) is 1.79. The Morgan fingerprint density at radius 3 is 2.64 bits per heavy atom. The van der Waals surface area contributed by atoms with Gasteiger partial charge in [0.15, 0.2) is 0 Å². The molecule has 7 unspecified atom stereocenters. The minimum atomic E-state index is -0.995. The molecule has 0 spiro atoms. The van der Waals surface area contributed by atoms with Crippen LogP contribution in [0.2, 0.25) is 0 Å². The topological polar surface area (TPSA) is 49.8 Å². The molecule has 4 fully saturated rings. The highest BCUT2D eigenvalue weighted by Crippen LogP contribution is 2.68. The van der Waals surface area contributed by atoms with Crippen LogP contribution in [-0.2, 0) is 9.53 Å². The lowest BCUT2D eigenvalue weighted by molar-refractivity contribution is -0.130. The Bertz CT molecular complexity index is 1040. The summed E-state index contributed by atoms with van der Waals surface area (Å²) < 4.78 is 6.53. The predicted octanol–water partition coefficient (Wildman–Crippen LogP) is 2.73. The van der Waals surface area contributed by atoms with Gasteiger partial charge < -0.3 is 9.84 Å². The van der Waals surface area contributed by atoms with Crippen LogP contribution in [0.25, 0.3) is 0 Å².